The van der Waals surface area contributed by atoms with Gasteiger partial charge in [0, 0.05) is 16.7 Å². The zero-order valence-corrected chi connectivity index (χ0v) is 13.2. The van der Waals surface area contributed by atoms with E-state index < -0.39 is 0 Å². The van der Waals surface area contributed by atoms with Crippen molar-refractivity contribution in [3.8, 4) is 0 Å². The fourth-order valence-electron chi connectivity index (χ4n) is 2.13. The molecule has 0 aliphatic carbocycles. The van der Waals surface area contributed by atoms with Gasteiger partial charge in [-0.25, -0.2) is 4.39 Å². The lowest BCUT2D eigenvalue weighted by molar-refractivity contribution is 0.573. The molecule has 4 heteroatoms. The Balaban J connectivity index is 1.97. The van der Waals surface area contributed by atoms with Crippen molar-refractivity contribution >= 4 is 11.8 Å². The summed E-state index contributed by atoms with van der Waals surface area (Å²) >= 11 is 1.49. The van der Waals surface area contributed by atoms with Crippen LogP contribution in [0.15, 0.2) is 47.4 Å². The molecule has 112 valence electrons. The highest BCUT2D eigenvalue weighted by Gasteiger charge is 2.11. The van der Waals surface area contributed by atoms with E-state index in [2.05, 4.69) is 37.5 Å². The van der Waals surface area contributed by atoms with Crippen LogP contribution in [0.5, 0.6) is 0 Å². The monoisotopic (exact) mass is 304 g/mol. The maximum atomic E-state index is 13.6. The SMILES string of the molecule is Cc1ccc(CC(CSc2ccccc2F)NN)cc1C. The van der Waals surface area contributed by atoms with Crippen LogP contribution in [0.3, 0.4) is 0 Å². The Morgan fingerprint density at radius 1 is 1.14 bits per heavy atom. The maximum Gasteiger partial charge on any atom is 0.136 e. The molecule has 2 aromatic carbocycles. The van der Waals surface area contributed by atoms with E-state index in [9.17, 15) is 4.39 Å². The van der Waals surface area contributed by atoms with Crippen LogP contribution in [0, 0.1) is 19.7 Å². The lowest BCUT2D eigenvalue weighted by atomic mass is 10.0. The molecule has 2 rings (SSSR count). The number of thioether (sulfide) groups is 1. The van der Waals surface area contributed by atoms with Crippen molar-refractivity contribution in [3.63, 3.8) is 0 Å². The van der Waals surface area contributed by atoms with Crippen LogP contribution in [0.2, 0.25) is 0 Å². The van der Waals surface area contributed by atoms with E-state index in [1.54, 1.807) is 12.1 Å². The quantitative estimate of drug-likeness (QED) is 0.486. The highest BCUT2D eigenvalue weighted by Crippen LogP contribution is 2.22. The van der Waals surface area contributed by atoms with Gasteiger partial charge in [0.05, 0.1) is 0 Å². The van der Waals surface area contributed by atoms with E-state index in [1.807, 2.05) is 6.07 Å². The van der Waals surface area contributed by atoms with Gasteiger partial charge in [-0.15, -0.1) is 11.8 Å². The molecule has 1 unspecified atom stereocenters. The van der Waals surface area contributed by atoms with E-state index in [1.165, 1.54) is 34.5 Å². The second-order valence-electron chi connectivity index (χ2n) is 5.23. The molecule has 0 bridgehead atoms. The molecule has 0 aliphatic rings. The smallest absolute Gasteiger partial charge is 0.136 e. The lowest BCUT2D eigenvalue weighted by Crippen LogP contribution is -2.38. The second kappa shape index (κ2) is 7.59. The van der Waals surface area contributed by atoms with E-state index in [4.69, 9.17) is 5.84 Å². The van der Waals surface area contributed by atoms with Crippen molar-refractivity contribution in [2.24, 2.45) is 5.84 Å². The molecule has 0 aromatic heterocycles. The number of rotatable bonds is 6. The largest absolute Gasteiger partial charge is 0.271 e. The van der Waals surface area contributed by atoms with Crippen molar-refractivity contribution in [2.75, 3.05) is 5.75 Å². The molecular weight excluding hydrogens is 283 g/mol. The number of nitrogens with two attached hydrogens (primary N) is 1. The summed E-state index contributed by atoms with van der Waals surface area (Å²) in [7, 11) is 0. The first-order valence-corrected chi connectivity index (χ1v) is 7.98. The molecule has 0 saturated carbocycles. The Bertz CT molecular complexity index is 601. The van der Waals surface area contributed by atoms with Crippen molar-refractivity contribution in [1.82, 2.24) is 5.43 Å². The van der Waals surface area contributed by atoms with Gasteiger partial charge in [0.15, 0.2) is 0 Å². The third kappa shape index (κ3) is 4.56. The van der Waals surface area contributed by atoms with Gasteiger partial charge in [0.1, 0.15) is 5.82 Å². The Morgan fingerprint density at radius 2 is 1.90 bits per heavy atom. The van der Waals surface area contributed by atoms with Gasteiger partial charge < -0.3 is 0 Å². The number of aryl methyl sites for hydroxylation is 2. The summed E-state index contributed by atoms with van der Waals surface area (Å²) in [5, 5.41) is 0. The molecule has 0 saturated heterocycles. The van der Waals surface area contributed by atoms with Crippen molar-refractivity contribution in [3.05, 3.63) is 65.0 Å². The number of hydrogen-bond acceptors (Lipinski definition) is 3. The van der Waals surface area contributed by atoms with Crippen LogP contribution < -0.4 is 11.3 Å². The topological polar surface area (TPSA) is 38.0 Å². The molecule has 0 radical (unpaired) electrons. The van der Waals surface area contributed by atoms with Crippen LogP contribution >= 0.6 is 11.8 Å². The fourth-order valence-corrected chi connectivity index (χ4v) is 3.11. The predicted octanol–water partition coefficient (Wildman–Crippen LogP) is 3.61. The maximum absolute atomic E-state index is 13.6. The zero-order valence-electron chi connectivity index (χ0n) is 12.4. The third-order valence-electron chi connectivity index (χ3n) is 3.57. The van der Waals surface area contributed by atoms with Gasteiger partial charge in [0.25, 0.3) is 0 Å². The van der Waals surface area contributed by atoms with Gasteiger partial charge in [0.2, 0.25) is 0 Å². The Labute approximate surface area is 129 Å². The summed E-state index contributed by atoms with van der Waals surface area (Å²) in [4.78, 5) is 0.665. The minimum atomic E-state index is -0.176. The van der Waals surface area contributed by atoms with Gasteiger partial charge in [-0.2, -0.15) is 0 Å². The molecule has 0 fully saturated rings. The highest BCUT2D eigenvalue weighted by molar-refractivity contribution is 7.99. The van der Waals surface area contributed by atoms with Crippen LogP contribution in [0.1, 0.15) is 16.7 Å². The molecule has 0 aliphatic heterocycles. The van der Waals surface area contributed by atoms with Crippen LogP contribution in [0.4, 0.5) is 4.39 Å². The molecule has 0 amide bonds. The number of hydrogen-bond donors (Lipinski definition) is 2. The molecule has 0 spiro atoms. The zero-order chi connectivity index (χ0) is 15.2. The molecule has 1 atom stereocenters. The molecule has 3 N–H and O–H groups in total. The average molecular weight is 304 g/mol. The summed E-state index contributed by atoms with van der Waals surface area (Å²) in [6.07, 6.45) is 0.832. The minimum absolute atomic E-state index is 0.108. The van der Waals surface area contributed by atoms with Gasteiger partial charge in [-0.1, -0.05) is 30.3 Å². The first-order valence-electron chi connectivity index (χ1n) is 6.99. The number of benzene rings is 2. The van der Waals surface area contributed by atoms with Crippen LogP contribution in [-0.4, -0.2) is 11.8 Å². The van der Waals surface area contributed by atoms with Gasteiger partial charge in [-0.05, 0) is 49.1 Å². The Kier molecular flexibility index (Phi) is 5.79. The molecule has 0 heterocycles. The second-order valence-corrected chi connectivity index (χ2v) is 6.29. The van der Waals surface area contributed by atoms with E-state index in [0.717, 1.165) is 12.2 Å². The first-order chi connectivity index (χ1) is 10.1. The summed E-state index contributed by atoms with van der Waals surface area (Å²) in [5.41, 5.74) is 6.65. The first kappa shape index (κ1) is 16.0. The van der Waals surface area contributed by atoms with E-state index >= 15 is 0 Å². The number of hydrazine groups is 1. The molecule has 2 nitrogen and oxygen atoms in total. The lowest BCUT2D eigenvalue weighted by Gasteiger charge is -2.16. The van der Waals surface area contributed by atoms with Crippen molar-refractivity contribution < 1.29 is 4.39 Å². The average Bonchev–Trinajstić information content (AvgIpc) is 2.48. The normalized spacial score (nSPS) is 12.4. The van der Waals surface area contributed by atoms with E-state index in [0.29, 0.717) is 4.90 Å². The van der Waals surface area contributed by atoms with Crippen molar-refractivity contribution in [1.29, 1.82) is 0 Å². The summed E-state index contributed by atoms with van der Waals surface area (Å²) in [6, 6.07) is 13.4. The Morgan fingerprint density at radius 3 is 2.57 bits per heavy atom. The number of halogens is 1. The standard InChI is InChI=1S/C17H21FN2S/c1-12-7-8-14(9-13(12)2)10-15(20-19)11-21-17-6-4-3-5-16(17)18/h3-9,15,20H,10-11,19H2,1-2H3. The molecular formula is C17H21FN2S. The molecule has 21 heavy (non-hydrogen) atoms. The van der Waals surface area contributed by atoms with Crippen LogP contribution in [-0.2, 0) is 6.42 Å². The minimum Gasteiger partial charge on any atom is -0.271 e. The van der Waals surface area contributed by atoms with E-state index in [-0.39, 0.29) is 11.9 Å². The Hall–Kier alpha value is -1.36. The van der Waals surface area contributed by atoms with Gasteiger partial charge in [-0.3, -0.25) is 11.3 Å². The summed E-state index contributed by atoms with van der Waals surface area (Å²) in [5.74, 6) is 6.18. The van der Waals surface area contributed by atoms with Gasteiger partial charge >= 0.3 is 0 Å². The van der Waals surface area contributed by atoms with Crippen molar-refractivity contribution in [2.45, 2.75) is 31.2 Å². The summed E-state index contributed by atoms with van der Waals surface area (Å²) in [6.45, 7) is 4.21. The summed E-state index contributed by atoms with van der Waals surface area (Å²) < 4.78 is 13.6. The predicted molar refractivity (Wildman–Crippen MR) is 87.9 cm³/mol. The number of nitrogens with one attached hydrogen (secondary N) is 1. The fraction of sp³-hybridized carbons (Fsp3) is 0.294. The molecule has 2 aromatic rings. The highest BCUT2D eigenvalue weighted by atomic mass is 32.2. The van der Waals surface area contributed by atoms with Crippen LogP contribution in [0.25, 0.3) is 0 Å². The third-order valence-corrected chi connectivity index (χ3v) is 4.78.